The number of nitrogens with one attached hydrogen (secondary N) is 1. The lowest BCUT2D eigenvalue weighted by atomic mass is 10.0. The number of sulfone groups is 1. The number of benzene rings is 2. The molecule has 0 spiro atoms. The van der Waals surface area contributed by atoms with Crippen molar-refractivity contribution in [2.45, 2.75) is 18.0 Å². The van der Waals surface area contributed by atoms with Crippen molar-refractivity contribution in [2.24, 2.45) is 0 Å². The monoisotopic (exact) mass is 434 g/mol. The SMILES string of the molecule is Cc1ccc(NC(=O)c2ccc(S(C)(=O)=O)cc2)cc1-c1ccc(C(F)(F)F)cn1. The second-order valence-electron chi connectivity index (χ2n) is 6.71. The minimum absolute atomic E-state index is 0.102. The summed E-state index contributed by atoms with van der Waals surface area (Å²) in [7, 11) is -3.37. The summed E-state index contributed by atoms with van der Waals surface area (Å²) in [6.45, 7) is 1.78. The molecule has 0 radical (unpaired) electrons. The predicted octanol–water partition coefficient (Wildman–Crippen LogP) is 4.73. The highest BCUT2D eigenvalue weighted by atomic mass is 32.2. The Morgan fingerprint density at radius 1 is 1.00 bits per heavy atom. The molecule has 3 rings (SSSR count). The maximum Gasteiger partial charge on any atom is 0.417 e. The third-order valence-corrected chi connectivity index (χ3v) is 5.54. The van der Waals surface area contributed by atoms with Crippen molar-refractivity contribution in [1.82, 2.24) is 4.98 Å². The second-order valence-corrected chi connectivity index (χ2v) is 8.73. The van der Waals surface area contributed by atoms with Crippen LogP contribution in [0.5, 0.6) is 0 Å². The standard InChI is InChI=1S/C21H17F3N2O3S/c1-13-3-7-16(11-18(13)19-10-6-15(12-25-19)21(22,23)24)26-20(27)14-4-8-17(9-5-14)30(2,28)29/h3-12H,1-2H3,(H,26,27). The van der Waals surface area contributed by atoms with Crippen LogP contribution in [0.1, 0.15) is 21.5 Å². The number of anilines is 1. The Kier molecular flexibility index (Phi) is 5.67. The van der Waals surface area contributed by atoms with E-state index in [1.165, 1.54) is 30.3 Å². The average molecular weight is 434 g/mol. The summed E-state index contributed by atoms with van der Waals surface area (Å²) in [5.74, 6) is -0.453. The molecule has 0 unspecified atom stereocenters. The summed E-state index contributed by atoms with van der Waals surface area (Å²) in [6.07, 6.45) is -2.63. The summed E-state index contributed by atoms with van der Waals surface area (Å²) >= 11 is 0. The van der Waals surface area contributed by atoms with Crippen LogP contribution in [0.25, 0.3) is 11.3 Å². The topological polar surface area (TPSA) is 76.1 Å². The van der Waals surface area contributed by atoms with E-state index in [1.54, 1.807) is 25.1 Å². The molecule has 1 amide bonds. The molecule has 0 aliphatic heterocycles. The zero-order valence-electron chi connectivity index (χ0n) is 16.0. The van der Waals surface area contributed by atoms with Crippen LogP contribution in [0.3, 0.4) is 0 Å². The van der Waals surface area contributed by atoms with E-state index in [-0.39, 0.29) is 10.5 Å². The van der Waals surface area contributed by atoms with Crippen LogP contribution in [0, 0.1) is 6.92 Å². The molecule has 0 aliphatic rings. The molecule has 0 saturated carbocycles. The maximum absolute atomic E-state index is 12.7. The van der Waals surface area contributed by atoms with Crippen molar-refractivity contribution in [3.8, 4) is 11.3 Å². The van der Waals surface area contributed by atoms with Gasteiger partial charge in [-0.25, -0.2) is 8.42 Å². The minimum Gasteiger partial charge on any atom is -0.322 e. The lowest BCUT2D eigenvalue weighted by Gasteiger charge is -2.11. The largest absolute Gasteiger partial charge is 0.417 e. The molecule has 0 atom stereocenters. The summed E-state index contributed by atoms with van der Waals surface area (Å²) in [4.78, 5) is 16.5. The molecule has 1 heterocycles. The fraction of sp³-hybridized carbons (Fsp3) is 0.143. The lowest BCUT2D eigenvalue weighted by Crippen LogP contribution is -2.12. The van der Waals surface area contributed by atoms with Gasteiger partial charge in [0.05, 0.1) is 16.2 Å². The first-order valence-corrected chi connectivity index (χ1v) is 10.6. The van der Waals surface area contributed by atoms with Crippen LogP contribution >= 0.6 is 0 Å². The Morgan fingerprint density at radius 3 is 2.20 bits per heavy atom. The normalized spacial score (nSPS) is 11.9. The van der Waals surface area contributed by atoms with Gasteiger partial charge in [-0.05, 0) is 61.0 Å². The number of hydrogen-bond donors (Lipinski definition) is 1. The van der Waals surface area contributed by atoms with Crippen molar-refractivity contribution in [2.75, 3.05) is 11.6 Å². The van der Waals surface area contributed by atoms with Gasteiger partial charge in [0.1, 0.15) is 0 Å². The van der Waals surface area contributed by atoms with Gasteiger partial charge in [0, 0.05) is 29.3 Å². The van der Waals surface area contributed by atoms with E-state index in [0.29, 0.717) is 16.9 Å². The summed E-state index contributed by atoms with van der Waals surface area (Å²) in [5.41, 5.74) is 1.54. The molecular weight excluding hydrogens is 417 g/mol. The van der Waals surface area contributed by atoms with E-state index >= 15 is 0 Å². The van der Waals surface area contributed by atoms with E-state index in [0.717, 1.165) is 24.1 Å². The predicted molar refractivity (Wildman–Crippen MR) is 107 cm³/mol. The van der Waals surface area contributed by atoms with Crippen LogP contribution in [0.4, 0.5) is 18.9 Å². The van der Waals surface area contributed by atoms with E-state index in [4.69, 9.17) is 0 Å². The Bertz CT molecular complexity index is 1190. The number of rotatable bonds is 4. The summed E-state index contributed by atoms with van der Waals surface area (Å²) in [5, 5.41) is 2.69. The summed E-state index contributed by atoms with van der Waals surface area (Å²) < 4.78 is 61.3. The Morgan fingerprint density at radius 2 is 1.67 bits per heavy atom. The number of aromatic nitrogens is 1. The molecule has 0 fully saturated rings. The van der Waals surface area contributed by atoms with Gasteiger partial charge in [-0.3, -0.25) is 9.78 Å². The highest BCUT2D eigenvalue weighted by Gasteiger charge is 2.30. The van der Waals surface area contributed by atoms with E-state index in [1.807, 2.05) is 0 Å². The molecule has 2 aromatic carbocycles. The molecule has 0 bridgehead atoms. The van der Waals surface area contributed by atoms with Crippen molar-refractivity contribution in [3.63, 3.8) is 0 Å². The van der Waals surface area contributed by atoms with Gasteiger partial charge in [0.25, 0.3) is 5.91 Å². The number of aryl methyl sites for hydroxylation is 1. The number of nitrogens with zero attached hydrogens (tertiary/aromatic N) is 1. The average Bonchev–Trinajstić information content (AvgIpc) is 2.68. The van der Waals surface area contributed by atoms with Crippen molar-refractivity contribution in [1.29, 1.82) is 0 Å². The zero-order chi connectivity index (χ0) is 22.1. The molecule has 0 saturated heterocycles. The van der Waals surface area contributed by atoms with Crippen molar-refractivity contribution < 1.29 is 26.4 Å². The van der Waals surface area contributed by atoms with Gasteiger partial charge in [0.2, 0.25) is 0 Å². The third kappa shape index (κ3) is 4.85. The quantitative estimate of drug-likeness (QED) is 0.644. The van der Waals surface area contributed by atoms with Crippen LogP contribution in [-0.4, -0.2) is 25.6 Å². The molecule has 30 heavy (non-hydrogen) atoms. The Labute approximate surface area is 171 Å². The minimum atomic E-state index is -4.47. The van der Waals surface area contributed by atoms with Gasteiger partial charge in [-0.1, -0.05) is 6.07 Å². The fourth-order valence-electron chi connectivity index (χ4n) is 2.75. The highest BCUT2D eigenvalue weighted by molar-refractivity contribution is 7.90. The van der Waals surface area contributed by atoms with Gasteiger partial charge in [-0.2, -0.15) is 13.2 Å². The summed E-state index contributed by atoms with van der Waals surface area (Å²) in [6, 6.07) is 12.7. The van der Waals surface area contributed by atoms with Gasteiger partial charge in [0.15, 0.2) is 9.84 Å². The Hall–Kier alpha value is -3.20. The molecule has 9 heteroatoms. The Balaban J connectivity index is 1.84. The van der Waals surface area contributed by atoms with Crippen molar-refractivity contribution in [3.05, 3.63) is 77.5 Å². The van der Waals surface area contributed by atoms with Gasteiger partial charge >= 0.3 is 6.18 Å². The maximum atomic E-state index is 12.7. The number of amides is 1. The van der Waals surface area contributed by atoms with E-state index in [2.05, 4.69) is 10.3 Å². The number of carbonyl (C=O) groups is 1. The fourth-order valence-corrected chi connectivity index (χ4v) is 3.38. The first-order valence-electron chi connectivity index (χ1n) is 8.71. The zero-order valence-corrected chi connectivity index (χ0v) is 16.8. The number of alkyl halides is 3. The highest BCUT2D eigenvalue weighted by Crippen LogP contribution is 2.31. The smallest absolute Gasteiger partial charge is 0.322 e. The molecule has 1 aromatic heterocycles. The first-order chi connectivity index (χ1) is 13.9. The van der Waals surface area contributed by atoms with Crippen molar-refractivity contribution >= 4 is 21.4 Å². The molecular formula is C21H17F3N2O3S. The first kappa shape index (κ1) is 21.5. The van der Waals surface area contributed by atoms with Gasteiger partial charge < -0.3 is 5.32 Å². The molecule has 1 N–H and O–H groups in total. The molecule has 0 aliphatic carbocycles. The van der Waals surface area contributed by atoms with E-state index < -0.39 is 27.5 Å². The lowest BCUT2D eigenvalue weighted by molar-refractivity contribution is -0.137. The molecule has 5 nitrogen and oxygen atoms in total. The molecule has 3 aromatic rings. The number of pyridine rings is 1. The molecule has 156 valence electrons. The van der Waals surface area contributed by atoms with Crippen LogP contribution in [-0.2, 0) is 16.0 Å². The van der Waals surface area contributed by atoms with Crippen LogP contribution in [0.15, 0.2) is 65.7 Å². The second kappa shape index (κ2) is 7.91. The van der Waals surface area contributed by atoms with Gasteiger partial charge in [-0.15, -0.1) is 0 Å². The number of carbonyl (C=O) groups excluding carboxylic acids is 1. The van der Waals surface area contributed by atoms with E-state index in [9.17, 15) is 26.4 Å². The van der Waals surface area contributed by atoms with Crippen LogP contribution in [0.2, 0.25) is 0 Å². The third-order valence-electron chi connectivity index (χ3n) is 4.41. The number of hydrogen-bond acceptors (Lipinski definition) is 4. The number of halogens is 3. The van der Waals surface area contributed by atoms with Crippen LogP contribution < -0.4 is 5.32 Å².